The number of rotatable bonds is 10. The zero-order chi connectivity index (χ0) is 23.0. The minimum atomic E-state index is -0.0820. The first-order valence-electron chi connectivity index (χ1n) is 11.3. The van der Waals surface area contributed by atoms with Gasteiger partial charge < -0.3 is 14.6 Å². The molecule has 170 valence electrons. The van der Waals surface area contributed by atoms with Gasteiger partial charge in [0.2, 0.25) is 0 Å². The first-order chi connectivity index (χ1) is 16.1. The second-order valence-electron chi connectivity index (χ2n) is 7.88. The number of hydrogen-bond acceptors (Lipinski definition) is 3. The van der Waals surface area contributed by atoms with Gasteiger partial charge in [-0.1, -0.05) is 53.2 Å². The Bertz CT molecular complexity index is 1220. The van der Waals surface area contributed by atoms with E-state index in [9.17, 15) is 4.79 Å². The SMILES string of the molecule is CCc1ccc(OCCCn2c(CCNC(=O)c3cccc(Br)c3)nc3ccccc32)cc1. The van der Waals surface area contributed by atoms with Crippen LogP contribution < -0.4 is 10.1 Å². The molecule has 0 aliphatic heterocycles. The van der Waals surface area contributed by atoms with Crippen molar-refractivity contribution in [3.8, 4) is 5.75 Å². The van der Waals surface area contributed by atoms with Crippen LogP contribution >= 0.6 is 15.9 Å². The van der Waals surface area contributed by atoms with Crippen molar-refractivity contribution in [2.75, 3.05) is 13.2 Å². The van der Waals surface area contributed by atoms with Crippen molar-refractivity contribution in [2.24, 2.45) is 0 Å². The third kappa shape index (κ3) is 6.02. The number of fused-ring (bicyclic) bond motifs is 1. The maximum absolute atomic E-state index is 12.5. The third-order valence-electron chi connectivity index (χ3n) is 5.58. The molecule has 0 saturated heterocycles. The molecule has 0 spiro atoms. The van der Waals surface area contributed by atoms with Gasteiger partial charge in [-0.2, -0.15) is 0 Å². The summed E-state index contributed by atoms with van der Waals surface area (Å²) in [6.45, 7) is 4.11. The number of aromatic nitrogens is 2. The molecule has 4 aromatic rings. The van der Waals surface area contributed by atoms with Crippen LogP contribution in [-0.2, 0) is 19.4 Å². The Kier molecular flexibility index (Phi) is 7.79. The maximum Gasteiger partial charge on any atom is 0.251 e. The molecular weight excluding hydrogens is 478 g/mol. The lowest BCUT2D eigenvalue weighted by Gasteiger charge is -2.11. The molecule has 5 nitrogen and oxygen atoms in total. The van der Waals surface area contributed by atoms with Crippen LogP contribution in [0, 0.1) is 0 Å². The Labute approximate surface area is 202 Å². The second-order valence-corrected chi connectivity index (χ2v) is 8.80. The van der Waals surface area contributed by atoms with Gasteiger partial charge in [0.05, 0.1) is 17.6 Å². The van der Waals surface area contributed by atoms with Gasteiger partial charge in [-0.05, 0) is 60.9 Å². The van der Waals surface area contributed by atoms with Crippen LogP contribution in [0.5, 0.6) is 5.75 Å². The van der Waals surface area contributed by atoms with Gasteiger partial charge >= 0.3 is 0 Å². The normalized spacial score (nSPS) is 11.0. The van der Waals surface area contributed by atoms with Crippen molar-refractivity contribution in [1.29, 1.82) is 0 Å². The summed E-state index contributed by atoms with van der Waals surface area (Å²) in [7, 11) is 0. The van der Waals surface area contributed by atoms with E-state index in [4.69, 9.17) is 9.72 Å². The molecule has 0 aliphatic rings. The average Bonchev–Trinajstić information content (AvgIpc) is 3.19. The maximum atomic E-state index is 12.5. The summed E-state index contributed by atoms with van der Waals surface area (Å²) in [4.78, 5) is 17.3. The van der Waals surface area contributed by atoms with Crippen LogP contribution in [-0.4, -0.2) is 28.6 Å². The molecule has 0 aliphatic carbocycles. The zero-order valence-corrected chi connectivity index (χ0v) is 20.3. The van der Waals surface area contributed by atoms with Crippen molar-refractivity contribution in [3.63, 3.8) is 0 Å². The van der Waals surface area contributed by atoms with Crippen molar-refractivity contribution in [3.05, 3.63) is 94.2 Å². The minimum absolute atomic E-state index is 0.0820. The number of benzene rings is 3. The number of nitrogens with one attached hydrogen (secondary N) is 1. The molecule has 6 heteroatoms. The number of para-hydroxylation sites is 2. The van der Waals surface area contributed by atoms with Gasteiger partial charge in [-0.25, -0.2) is 4.98 Å². The number of halogens is 1. The van der Waals surface area contributed by atoms with Crippen LogP contribution in [0.15, 0.2) is 77.3 Å². The van der Waals surface area contributed by atoms with E-state index in [0.717, 1.165) is 46.5 Å². The molecule has 1 amide bonds. The average molecular weight is 506 g/mol. The lowest BCUT2D eigenvalue weighted by molar-refractivity contribution is 0.0954. The molecule has 1 aromatic heterocycles. The number of imidazole rings is 1. The van der Waals surface area contributed by atoms with Crippen molar-refractivity contribution < 1.29 is 9.53 Å². The number of aryl methyl sites for hydroxylation is 2. The fourth-order valence-electron chi connectivity index (χ4n) is 3.82. The van der Waals surface area contributed by atoms with Gasteiger partial charge in [-0.15, -0.1) is 0 Å². The molecule has 1 heterocycles. The molecule has 33 heavy (non-hydrogen) atoms. The molecule has 1 N–H and O–H groups in total. The highest BCUT2D eigenvalue weighted by Crippen LogP contribution is 2.18. The van der Waals surface area contributed by atoms with Crippen molar-refractivity contribution >= 4 is 32.9 Å². The van der Waals surface area contributed by atoms with E-state index in [1.807, 2.05) is 54.6 Å². The van der Waals surface area contributed by atoms with Crippen LogP contribution in [0.1, 0.15) is 35.1 Å². The van der Waals surface area contributed by atoms with E-state index in [0.29, 0.717) is 25.1 Å². The molecule has 0 atom stereocenters. The number of nitrogens with zero attached hydrogens (tertiary/aromatic N) is 2. The summed E-state index contributed by atoms with van der Waals surface area (Å²) >= 11 is 3.41. The lowest BCUT2D eigenvalue weighted by atomic mass is 10.2. The fourth-order valence-corrected chi connectivity index (χ4v) is 4.22. The van der Waals surface area contributed by atoms with E-state index < -0.39 is 0 Å². The summed E-state index contributed by atoms with van der Waals surface area (Å²) in [6, 6.07) is 23.8. The topological polar surface area (TPSA) is 56.1 Å². The first kappa shape index (κ1) is 23.1. The van der Waals surface area contributed by atoms with Crippen LogP contribution in [0.2, 0.25) is 0 Å². The van der Waals surface area contributed by atoms with E-state index in [1.165, 1.54) is 5.56 Å². The number of carbonyl (C=O) groups excluding carboxylic acids is 1. The van der Waals surface area contributed by atoms with E-state index >= 15 is 0 Å². The third-order valence-corrected chi connectivity index (χ3v) is 6.07. The Hall–Kier alpha value is -3.12. The number of amides is 1. The molecule has 0 saturated carbocycles. The fraction of sp³-hybridized carbons (Fsp3) is 0.259. The van der Waals surface area contributed by atoms with Gasteiger partial charge in [-0.3, -0.25) is 4.79 Å². The number of carbonyl (C=O) groups is 1. The van der Waals surface area contributed by atoms with E-state index in [2.05, 4.69) is 50.9 Å². The molecule has 0 radical (unpaired) electrons. The van der Waals surface area contributed by atoms with Crippen LogP contribution in [0.3, 0.4) is 0 Å². The Morgan fingerprint density at radius 2 is 1.88 bits per heavy atom. The highest BCUT2D eigenvalue weighted by molar-refractivity contribution is 9.10. The zero-order valence-electron chi connectivity index (χ0n) is 18.8. The molecule has 4 rings (SSSR count). The Balaban J connectivity index is 1.36. The monoisotopic (exact) mass is 505 g/mol. The van der Waals surface area contributed by atoms with Crippen LogP contribution in [0.25, 0.3) is 11.0 Å². The summed E-state index contributed by atoms with van der Waals surface area (Å²) in [5.41, 5.74) is 4.03. The largest absolute Gasteiger partial charge is 0.494 e. The van der Waals surface area contributed by atoms with Gasteiger partial charge in [0.25, 0.3) is 5.91 Å². The van der Waals surface area contributed by atoms with Crippen LogP contribution in [0.4, 0.5) is 0 Å². The lowest BCUT2D eigenvalue weighted by Crippen LogP contribution is -2.26. The van der Waals surface area contributed by atoms with E-state index in [1.54, 1.807) is 0 Å². The number of hydrogen-bond donors (Lipinski definition) is 1. The predicted octanol–water partition coefficient (Wildman–Crippen LogP) is 5.80. The van der Waals surface area contributed by atoms with Gasteiger partial charge in [0, 0.05) is 29.5 Å². The Morgan fingerprint density at radius 3 is 2.67 bits per heavy atom. The van der Waals surface area contributed by atoms with Gasteiger partial charge in [0.1, 0.15) is 11.6 Å². The smallest absolute Gasteiger partial charge is 0.251 e. The summed E-state index contributed by atoms with van der Waals surface area (Å²) in [5, 5.41) is 3.01. The highest BCUT2D eigenvalue weighted by Gasteiger charge is 2.12. The van der Waals surface area contributed by atoms with E-state index in [-0.39, 0.29) is 5.91 Å². The van der Waals surface area contributed by atoms with Gasteiger partial charge in [0.15, 0.2) is 0 Å². The van der Waals surface area contributed by atoms with Crippen molar-refractivity contribution in [2.45, 2.75) is 32.7 Å². The summed E-state index contributed by atoms with van der Waals surface area (Å²) < 4.78 is 9.06. The molecule has 0 fully saturated rings. The molecule has 0 unspecified atom stereocenters. The Morgan fingerprint density at radius 1 is 1.06 bits per heavy atom. The quantitative estimate of drug-likeness (QED) is 0.277. The molecule has 0 bridgehead atoms. The predicted molar refractivity (Wildman–Crippen MR) is 136 cm³/mol. The van der Waals surface area contributed by atoms with Crippen molar-refractivity contribution in [1.82, 2.24) is 14.9 Å². The first-order valence-corrected chi connectivity index (χ1v) is 12.1. The molecule has 3 aromatic carbocycles. The standard InChI is InChI=1S/C27H28BrN3O2/c1-2-20-11-13-23(14-12-20)33-18-6-17-31-25-10-4-3-9-24(25)30-26(31)15-16-29-27(32)21-7-5-8-22(28)19-21/h3-5,7-14,19H,2,6,15-18H2,1H3,(H,29,32). The highest BCUT2D eigenvalue weighted by atomic mass is 79.9. The second kappa shape index (κ2) is 11.1. The summed E-state index contributed by atoms with van der Waals surface area (Å²) in [5.74, 6) is 1.79. The minimum Gasteiger partial charge on any atom is -0.494 e. The summed E-state index contributed by atoms with van der Waals surface area (Å²) in [6.07, 6.45) is 2.56. The number of ether oxygens (including phenoxy) is 1. The molecular formula is C27H28BrN3O2.